The highest BCUT2D eigenvalue weighted by molar-refractivity contribution is 6.08. The van der Waals surface area contributed by atoms with Crippen molar-refractivity contribution in [3.8, 4) is 0 Å². The molecule has 0 bridgehead atoms. The molecule has 1 aromatic carbocycles. The predicted octanol–water partition coefficient (Wildman–Crippen LogP) is 1.64. The van der Waals surface area contributed by atoms with E-state index in [-0.39, 0.29) is 18.0 Å². The molecule has 0 aromatic heterocycles. The molecule has 4 amide bonds. The summed E-state index contributed by atoms with van der Waals surface area (Å²) in [6.07, 6.45) is 0. The summed E-state index contributed by atoms with van der Waals surface area (Å²) in [5, 5.41) is 2.62. The summed E-state index contributed by atoms with van der Waals surface area (Å²) < 4.78 is 5.01. The van der Waals surface area contributed by atoms with Crippen LogP contribution in [0.5, 0.6) is 0 Å². The minimum Gasteiger partial charge on any atom is -0.454 e. The average Bonchev–Trinajstić information content (AvgIpc) is 2.84. The van der Waals surface area contributed by atoms with E-state index in [0.29, 0.717) is 5.56 Å². The van der Waals surface area contributed by atoms with Crippen LogP contribution in [-0.4, -0.2) is 58.8 Å². The minimum absolute atomic E-state index is 0.0382. The van der Waals surface area contributed by atoms with Crippen molar-refractivity contribution in [2.45, 2.75) is 52.2 Å². The lowest BCUT2D eigenvalue weighted by molar-refractivity contribution is -0.155. The first-order valence-electron chi connectivity index (χ1n) is 9.24. The van der Waals surface area contributed by atoms with E-state index >= 15 is 0 Å². The first-order valence-corrected chi connectivity index (χ1v) is 9.24. The van der Waals surface area contributed by atoms with Gasteiger partial charge in [0.25, 0.3) is 11.8 Å². The van der Waals surface area contributed by atoms with E-state index in [1.165, 1.54) is 0 Å². The highest BCUT2D eigenvalue weighted by atomic mass is 16.5. The van der Waals surface area contributed by atoms with E-state index in [4.69, 9.17) is 4.74 Å². The summed E-state index contributed by atoms with van der Waals surface area (Å²) in [7, 11) is 0. The molecular formula is C20H27N3O5. The molecule has 1 aliphatic rings. The van der Waals surface area contributed by atoms with Crippen LogP contribution in [0.25, 0.3) is 0 Å². The van der Waals surface area contributed by atoms with Crippen molar-refractivity contribution in [3.05, 3.63) is 35.9 Å². The van der Waals surface area contributed by atoms with Gasteiger partial charge in [0, 0.05) is 12.1 Å². The molecule has 8 nitrogen and oxygen atoms in total. The number of amides is 4. The smallest absolute Gasteiger partial charge is 0.326 e. The zero-order chi connectivity index (χ0) is 21.1. The lowest BCUT2D eigenvalue weighted by Crippen LogP contribution is -2.45. The van der Waals surface area contributed by atoms with Gasteiger partial charge in [-0.15, -0.1) is 0 Å². The molecule has 1 saturated heterocycles. The maximum atomic E-state index is 12.8. The quantitative estimate of drug-likeness (QED) is 0.565. The molecule has 8 heteroatoms. The maximum absolute atomic E-state index is 12.8. The normalized spacial score (nSPS) is 19.2. The van der Waals surface area contributed by atoms with Crippen LogP contribution in [-0.2, 0) is 24.7 Å². The van der Waals surface area contributed by atoms with E-state index in [1.54, 1.807) is 42.2 Å². The van der Waals surface area contributed by atoms with E-state index in [0.717, 1.165) is 4.90 Å². The van der Waals surface area contributed by atoms with Crippen LogP contribution in [0.4, 0.5) is 4.79 Å². The number of benzene rings is 1. The van der Waals surface area contributed by atoms with Gasteiger partial charge >= 0.3 is 12.0 Å². The van der Waals surface area contributed by atoms with Gasteiger partial charge in [-0.3, -0.25) is 19.3 Å². The van der Waals surface area contributed by atoms with Crippen LogP contribution in [0.15, 0.2) is 30.3 Å². The zero-order valence-electron chi connectivity index (χ0n) is 16.9. The number of nitrogens with one attached hydrogen (secondary N) is 1. The van der Waals surface area contributed by atoms with Crippen molar-refractivity contribution in [1.82, 2.24) is 15.1 Å². The summed E-state index contributed by atoms with van der Waals surface area (Å²) in [4.78, 5) is 51.8. The Labute approximate surface area is 164 Å². The fourth-order valence-electron chi connectivity index (χ4n) is 3.37. The fourth-order valence-corrected chi connectivity index (χ4v) is 3.37. The number of carbonyl (C=O) groups excluding carboxylic acids is 4. The second-order valence-corrected chi connectivity index (χ2v) is 7.46. The van der Waals surface area contributed by atoms with Crippen molar-refractivity contribution in [3.63, 3.8) is 0 Å². The molecule has 2 rings (SSSR count). The Morgan fingerprint density at radius 2 is 1.68 bits per heavy atom. The highest BCUT2D eigenvalue weighted by Gasteiger charge is 2.49. The Kier molecular flexibility index (Phi) is 6.43. The second kappa shape index (κ2) is 8.41. The molecule has 0 unspecified atom stereocenters. The molecule has 1 aromatic rings. The summed E-state index contributed by atoms with van der Waals surface area (Å²) >= 11 is 0. The standard InChI is InChI=1S/C20H27N3O5/c1-13(2)23(14(3)4)16(24)12-28-17(25)11-22-18(26)20(5,21-19(22)27)15-9-7-6-8-10-15/h6-10,13-14H,11-12H2,1-5H3,(H,21,27)/t20-/m1/s1. The number of nitrogens with zero attached hydrogens (tertiary/aromatic N) is 2. The van der Waals surface area contributed by atoms with E-state index in [1.807, 2.05) is 27.7 Å². The lowest BCUT2D eigenvalue weighted by atomic mass is 9.92. The van der Waals surface area contributed by atoms with Gasteiger partial charge in [0.1, 0.15) is 12.1 Å². The Balaban J connectivity index is 2.00. The third-order valence-electron chi connectivity index (χ3n) is 4.67. The van der Waals surface area contributed by atoms with Crippen molar-refractivity contribution < 1.29 is 23.9 Å². The molecule has 0 spiro atoms. The highest BCUT2D eigenvalue weighted by Crippen LogP contribution is 2.28. The Morgan fingerprint density at radius 3 is 2.21 bits per heavy atom. The number of rotatable bonds is 7. The van der Waals surface area contributed by atoms with Crippen LogP contribution in [0.1, 0.15) is 40.2 Å². The number of carbonyl (C=O) groups is 4. The second-order valence-electron chi connectivity index (χ2n) is 7.46. The van der Waals surface area contributed by atoms with Gasteiger partial charge in [-0.2, -0.15) is 0 Å². The van der Waals surface area contributed by atoms with Gasteiger partial charge in [0.05, 0.1) is 0 Å². The van der Waals surface area contributed by atoms with Gasteiger partial charge in [0.15, 0.2) is 6.61 Å². The number of hydrogen-bond acceptors (Lipinski definition) is 5. The molecule has 1 aliphatic heterocycles. The Bertz CT molecular complexity index is 754. The van der Waals surface area contributed by atoms with Crippen molar-refractivity contribution in [2.75, 3.05) is 13.2 Å². The molecule has 1 fully saturated rings. The van der Waals surface area contributed by atoms with Crippen LogP contribution >= 0.6 is 0 Å². The first-order chi connectivity index (χ1) is 13.1. The number of imide groups is 1. The van der Waals surface area contributed by atoms with Crippen molar-refractivity contribution in [1.29, 1.82) is 0 Å². The molecule has 28 heavy (non-hydrogen) atoms. The van der Waals surface area contributed by atoms with Crippen molar-refractivity contribution >= 4 is 23.8 Å². The third kappa shape index (κ3) is 4.32. The van der Waals surface area contributed by atoms with Gasteiger partial charge < -0.3 is 15.0 Å². The number of ether oxygens (including phenoxy) is 1. The Hall–Kier alpha value is -2.90. The number of esters is 1. The lowest BCUT2D eigenvalue weighted by Gasteiger charge is -2.30. The van der Waals surface area contributed by atoms with E-state index in [2.05, 4.69) is 5.32 Å². The largest absolute Gasteiger partial charge is 0.454 e. The van der Waals surface area contributed by atoms with Crippen LogP contribution in [0.3, 0.4) is 0 Å². The molecule has 152 valence electrons. The molecular weight excluding hydrogens is 362 g/mol. The third-order valence-corrected chi connectivity index (χ3v) is 4.67. The van der Waals surface area contributed by atoms with Crippen LogP contribution < -0.4 is 5.32 Å². The molecule has 1 heterocycles. The van der Waals surface area contributed by atoms with Gasteiger partial charge in [-0.1, -0.05) is 30.3 Å². The van der Waals surface area contributed by atoms with Gasteiger partial charge in [-0.25, -0.2) is 4.79 Å². The zero-order valence-corrected chi connectivity index (χ0v) is 16.9. The number of urea groups is 1. The summed E-state index contributed by atoms with van der Waals surface area (Å²) in [6.45, 7) is 8.09. The molecule has 1 atom stereocenters. The number of hydrogen-bond donors (Lipinski definition) is 1. The first kappa shape index (κ1) is 21.4. The van der Waals surface area contributed by atoms with E-state index in [9.17, 15) is 19.2 Å². The topological polar surface area (TPSA) is 96.0 Å². The molecule has 0 aliphatic carbocycles. The minimum atomic E-state index is -1.25. The molecule has 0 radical (unpaired) electrons. The van der Waals surface area contributed by atoms with Crippen molar-refractivity contribution in [2.24, 2.45) is 0 Å². The predicted molar refractivity (Wildman–Crippen MR) is 102 cm³/mol. The summed E-state index contributed by atoms with van der Waals surface area (Å²) in [5.41, 5.74) is -0.635. The molecule has 1 N–H and O–H groups in total. The Morgan fingerprint density at radius 1 is 1.11 bits per heavy atom. The maximum Gasteiger partial charge on any atom is 0.326 e. The van der Waals surface area contributed by atoms with Crippen LogP contribution in [0.2, 0.25) is 0 Å². The summed E-state index contributed by atoms with van der Waals surface area (Å²) in [5.74, 6) is -1.69. The average molecular weight is 389 g/mol. The van der Waals surface area contributed by atoms with Crippen LogP contribution in [0, 0.1) is 0 Å². The SMILES string of the molecule is CC(C)N(C(=O)COC(=O)CN1C(=O)N[C@](C)(c2ccccc2)C1=O)C(C)C. The summed E-state index contributed by atoms with van der Waals surface area (Å²) in [6, 6.07) is 8.03. The van der Waals surface area contributed by atoms with Gasteiger partial charge in [-0.05, 0) is 40.2 Å². The fraction of sp³-hybridized carbons (Fsp3) is 0.500. The van der Waals surface area contributed by atoms with E-state index < -0.39 is 36.6 Å². The van der Waals surface area contributed by atoms with Gasteiger partial charge in [0.2, 0.25) is 0 Å². The monoisotopic (exact) mass is 389 g/mol. The molecule has 0 saturated carbocycles.